The van der Waals surface area contributed by atoms with E-state index in [9.17, 15) is 48.6 Å². The third-order valence-electron chi connectivity index (χ3n) is 16.0. The summed E-state index contributed by atoms with van der Waals surface area (Å²) in [5.41, 5.74) is 57.8. The van der Waals surface area contributed by atoms with Gasteiger partial charge in [0.2, 0.25) is 53.2 Å². The van der Waals surface area contributed by atoms with Gasteiger partial charge in [0.25, 0.3) is 0 Å². The molecular weight excluding hydrogens is 1350 g/mol. The second-order valence-electron chi connectivity index (χ2n) is 24.0. The Morgan fingerprint density at radius 2 is 1.17 bits per heavy atom. The van der Waals surface area contributed by atoms with Crippen molar-refractivity contribution >= 4 is 115 Å². The van der Waals surface area contributed by atoms with Crippen LogP contribution >= 0.6 is 21.6 Å². The summed E-state index contributed by atoms with van der Waals surface area (Å²) in [6.07, 6.45) is 6.57. The molecule has 0 radical (unpaired) electrons. The monoisotopic (exact) mass is 1450 g/mol. The van der Waals surface area contributed by atoms with Gasteiger partial charge in [-0.25, -0.2) is 4.79 Å². The van der Waals surface area contributed by atoms with Gasteiger partial charge in [-0.2, -0.15) is 0 Å². The number of hydrogen-bond donors (Lipinski definition) is 20. The molecular formula is C64H101N23O12S2. The summed E-state index contributed by atoms with van der Waals surface area (Å²) >= 11 is 0. The summed E-state index contributed by atoms with van der Waals surface area (Å²) in [4.78, 5) is 162. The second kappa shape index (κ2) is 45.0. The highest BCUT2D eigenvalue weighted by Crippen LogP contribution is 2.26. The maximum absolute atomic E-state index is 15.1. The van der Waals surface area contributed by atoms with Gasteiger partial charge < -0.3 is 115 Å². The number of aliphatic hydroxyl groups excluding tert-OH is 1. The first-order chi connectivity index (χ1) is 48.2. The topological polar surface area (TPSA) is 620 Å². The zero-order valence-corrected chi connectivity index (χ0v) is 58.2. The maximum atomic E-state index is 15.1. The third-order valence-corrected chi connectivity index (χ3v) is 18.4. The number of rotatable bonds is 36. The number of carboxylic acid groups (broad SMARTS) is 1. The highest BCUT2D eigenvalue weighted by molar-refractivity contribution is 8.76. The Morgan fingerprint density at radius 3 is 1.78 bits per heavy atom. The number of allylic oxidation sites excluding steroid dienone is 4. The average molecular weight is 1450 g/mol. The molecule has 2 aliphatic rings. The minimum absolute atomic E-state index is 0.00782. The first-order valence-corrected chi connectivity index (χ1v) is 35.7. The summed E-state index contributed by atoms with van der Waals surface area (Å²) in [7, 11) is 1.78. The molecule has 0 spiro atoms. The van der Waals surface area contributed by atoms with Crippen LogP contribution in [0.15, 0.2) is 99.1 Å². The van der Waals surface area contributed by atoms with Crippen molar-refractivity contribution in [3.63, 3.8) is 0 Å². The van der Waals surface area contributed by atoms with Crippen LogP contribution in [0.1, 0.15) is 102 Å². The number of amides is 9. The van der Waals surface area contributed by atoms with Crippen LogP contribution in [0.25, 0.3) is 10.8 Å². The number of benzene rings is 2. The molecule has 9 amide bonds. The van der Waals surface area contributed by atoms with E-state index in [1.807, 2.05) is 42.5 Å². The number of aliphatic imine (C=N–C) groups is 4. The van der Waals surface area contributed by atoms with Crippen molar-refractivity contribution in [1.82, 2.24) is 47.4 Å². The Morgan fingerprint density at radius 1 is 0.624 bits per heavy atom. The fourth-order valence-corrected chi connectivity index (χ4v) is 13.1. The van der Waals surface area contributed by atoms with Crippen molar-refractivity contribution in [3.05, 3.63) is 84.7 Å². The number of nitrogens with one attached hydrogen (secondary N) is 8. The molecule has 2 fully saturated rings. The number of hydrogen-bond acceptors (Lipinski definition) is 19. The SMILES string of the molecule is C=C/C=C(O)\C=C/CC[C@@H]1NC(=O)[C@@H]2CCCN2C(=O)[C@@H](CCCCN)NC(=O)[C@H](CCCN=C(N)N)NC(=O)[C@@H](NC(=O)[C@H](CCCN=C(N)N)NC(=O)[C@H](CCCN=C(N)N)NC(=O)[C@@H](N)Cc2ccc3ccccc3c2)CSSC[C@@H](C(=O)N[C@@H](CCCN=C(N)N)C(=O)O)NC1=O. The molecule has 35 nitrogen and oxygen atoms in total. The molecule has 10 atom stereocenters. The fraction of sp³-hybridized carbons (Fsp3) is 0.531. The largest absolute Gasteiger partial charge is 0.508 e. The number of carbonyl (C=O) groups excluding carboxylic acids is 9. The van der Waals surface area contributed by atoms with Crippen molar-refractivity contribution in [3.8, 4) is 0 Å². The number of nitrogens with two attached hydrogens (primary N) is 10. The van der Waals surface area contributed by atoms with Gasteiger partial charge in [0.05, 0.1) is 6.04 Å². The molecule has 2 heterocycles. The molecule has 2 aromatic rings. The van der Waals surface area contributed by atoms with E-state index in [4.69, 9.17) is 57.3 Å². The van der Waals surface area contributed by atoms with Gasteiger partial charge >= 0.3 is 5.97 Å². The number of nitrogens with zero attached hydrogens (tertiary/aromatic N) is 5. The summed E-state index contributed by atoms with van der Waals surface area (Å²) in [5, 5.41) is 44.0. The molecule has 30 N–H and O–H groups in total. The Hall–Kier alpha value is -9.88. The minimum Gasteiger partial charge on any atom is -0.508 e. The van der Waals surface area contributed by atoms with E-state index in [-0.39, 0.29) is 158 Å². The normalized spacial score (nSPS) is 20.0. The summed E-state index contributed by atoms with van der Waals surface area (Å²) in [6.45, 7) is 3.83. The Labute approximate surface area is 594 Å². The van der Waals surface area contributed by atoms with Gasteiger partial charge in [0.15, 0.2) is 23.8 Å². The smallest absolute Gasteiger partial charge is 0.326 e. The van der Waals surface area contributed by atoms with Crippen LogP contribution in [0.5, 0.6) is 0 Å². The second-order valence-corrected chi connectivity index (χ2v) is 26.5. The number of fused-ring (bicyclic) bond motifs is 2. The molecule has 0 saturated carbocycles. The molecule has 2 aromatic carbocycles. The molecule has 556 valence electrons. The predicted molar refractivity (Wildman–Crippen MR) is 390 cm³/mol. The summed E-state index contributed by atoms with van der Waals surface area (Å²) in [5.74, 6) is -11.1. The summed E-state index contributed by atoms with van der Waals surface area (Å²) in [6, 6.07) is -0.938. The van der Waals surface area contributed by atoms with Gasteiger partial charge in [0, 0.05) is 44.2 Å². The number of carboxylic acids is 1. The van der Waals surface area contributed by atoms with Gasteiger partial charge in [0.1, 0.15) is 60.1 Å². The lowest BCUT2D eigenvalue weighted by molar-refractivity contribution is -0.143. The minimum atomic E-state index is -1.64. The van der Waals surface area contributed by atoms with Crippen LogP contribution in [-0.2, 0) is 54.4 Å². The van der Waals surface area contributed by atoms with E-state index in [1.54, 1.807) is 0 Å². The molecule has 0 aliphatic carbocycles. The summed E-state index contributed by atoms with van der Waals surface area (Å²) < 4.78 is 0. The zero-order valence-electron chi connectivity index (χ0n) is 56.6. The lowest BCUT2D eigenvalue weighted by Gasteiger charge is -2.31. The maximum Gasteiger partial charge on any atom is 0.326 e. The van der Waals surface area contributed by atoms with E-state index in [0.29, 0.717) is 19.3 Å². The molecule has 4 rings (SSSR count). The van der Waals surface area contributed by atoms with Crippen LogP contribution in [0.2, 0.25) is 0 Å². The van der Waals surface area contributed by atoms with Crippen LogP contribution in [0, 0.1) is 0 Å². The number of aliphatic hydroxyl groups is 1. The van der Waals surface area contributed by atoms with Crippen molar-refractivity contribution < 1.29 is 58.2 Å². The number of aliphatic carboxylic acids is 1. The Kier molecular flexibility index (Phi) is 37.2. The Bertz CT molecular complexity index is 3320. The number of carbonyl (C=O) groups is 10. The lowest BCUT2D eigenvalue weighted by Crippen LogP contribution is -2.61. The molecule has 0 unspecified atom stereocenters. The van der Waals surface area contributed by atoms with Crippen molar-refractivity contribution in [2.24, 2.45) is 77.3 Å². The van der Waals surface area contributed by atoms with E-state index >= 15 is 9.59 Å². The van der Waals surface area contributed by atoms with Crippen molar-refractivity contribution in [1.29, 1.82) is 0 Å². The van der Waals surface area contributed by atoms with Crippen LogP contribution in [-0.4, -0.2) is 209 Å². The van der Waals surface area contributed by atoms with Crippen molar-refractivity contribution in [2.75, 3.05) is 50.8 Å². The highest BCUT2D eigenvalue weighted by atomic mass is 33.1. The molecule has 2 saturated heterocycles. The van der Waals surface area contributed by atoms with E-state index in [2.05, 4.69) is 69.1 Å². The molecule has 0 bridgehead atoms. The molecule has 101 heavy (non-hydrogen) atoms. The average Bonchev–Trinajstić information content (AvgIpc) is 1.81. The highest BCUT2D eigenvalue weighted by Gasteiger charge is 2.41. The van der Waals surface area contributed by atoms with Gasteiger partial charge in [-0.1, -0.05) is 82.8 Å². The van der Waals surface area contributed by atoms with Crippen molar-refractivity contribution in [2.45, 2.75) is 163 Å². The van der Waals surface area contributed by atoms with E-state index in [0.717, 1.165) is 37.9 Å². The first kappa shape index (κ1) is 83.5. The fourth-order valence-electron chi connectivity index (χ4n) is 10.7. The quantitative estimate of drug-likeness (QED) is 0.00782. The molecule has 2 aliphatic heterocycles. The number of guanidine groups is 4. The van der Waals surface area contributed by atoms with Crippen LogP contribution in [0.4, 0.5) is 0 Å². The van der Waals surface area contributed by atoms with Gasteiger partial charge in [-0.3, -0.25) is 63.1 Å². The number of unbranched alkanes of at least 4 members (excludes halogenated alkanes) is 1. The molecule has 37 heteroatoms. The van der Waals surface area contributed by atoms with Crippen LogP contribution in [0.3, 0.4) is 0 Å². The zero-order chi connectivity index (χ0) is 74.4. The van der Waals surface area contributed by atoms with E-state index in [1.165, 1.54) is 29.2 Å². The van der Waals surface area contributed by atoms with E-state index < -0.39 is 125 Å². The van der Waals surface area contributed by atoms with Gasteiger partial charge in [-0.15, -0.1) is 0 Å². The van der Waals surface area contributed by atoms with Crippen LogP contribution < -0.4 is 99.9 Å². The predicted octanol–water partition coefficient (Wildman–Crippen LogP) is -3.63. The standard InChI is InChI=1S/C64H101N23O12S2/c1-2-14-40(88)17-5-6-18-42-54(92)86-49(57(95)84-47(60(98)99)23-12-31-78-64(73)74)36-101-100-35-48(56(94)81-44(21-10-29-76-62(69)70)53(91)83-46(19-7-8-27-65)59(97)87-32-13-24-50(87)58(96)82-42)85-55(93)45(22-11-30-77-63(71)72)80-52(90)43(20-9-28-75-61(67)68)79-51(89)41(66)34-37-25-26-38-15-3-4-16-39(38)33-37/h2-5,14-17,25-26,33,41-50,88H,1,6-13,18-24,27-32,34-36,65-66H2,(H,79,89)(H,80,90)(H,81,94)(H,82,96)(H,83,91)(H,84,95)(H,85,93)(H,86,92)(H,98,99)(H4,67,68,75)(H4,69,70,76)(H4,71,72,77)(H4,73,74,78)/b17-5-,40-14+/t41-,42-,43-,44-,45-,46+,47-,48-,49-,50-/m0/s1. The lowest BCUT2D eigenvalue weighted by atomic mass is 10.0. The Balaban J connectivity index is 1.85. The molecule has 0 aromatic heterocycles. The third kappa shape index (κ3) is 31.1. The first-order valence-electron chi connectivity index (χ1n) is 33.2. The van der Waals surface area contributed by atoms with Gasteiger partial charge in [-0.05, 0) is 138 Å².